The molecule has 0 aliphatic rings. The zero-order valence-electron chi connectivity index (χ0n) is 13.3. The lowest BCUT2D eigenvalue weighted by Gasteiger charge is -2.17. The molecule has 0 N–H and O–H groups in total. The molecule has 0 unspecified atom stereocenters. The van der Waals surface area contributed by atoms with Gasteiger partial charge < -0.3 is 4.42 Å². The third-order valence-electron chi connectivity index (χ3n) is 3.94. The topological polar surface area (TPSA) is 85.4 Å². The smallest absolute Gasteiger partial charge is 0.408 e. The molecular weight excluding hydrogens is 330 g/mol. The molecule has 0 amide bonds. The number of aromatic nitrogens is 2. The maximum Gasteiger partial charge on any atom is 0.419 e. The highest BCUT2D eigenvalue weighted by molar-refractivity contribution is 7.89. The zero-order valence-corrected chi connectivity index (χ0v) is 14.2. The Labute approximate surface area is 139 Å². The van der Waals surface area contributed by atoms with Gasteiger partial charge in [-0.3, -0.25) is 9.55 Å². The molecular formula is C16H17N3O4S. The largest absolute Gasteiger partial charge is 0.419 e. The van der Waals surface area contributed by atoms with Crippen molar-refractivity contribution in [2.75, 3.05) is 13.6 Å². The van der Waals surface area contributed by atoms with Crippen LogP contribution in [0.2, 0.25) is 0 Å². The molecule has 2 aromatic heterocycles. The quantitative estimate of drug-likeness (QED) is 0.696. The number of fused-ring (bicyclic) bond motifs is 1. The van der Waals surface area contributed by atoms with Crippen molar-refractivity contribution in [1.29, 1.82) is 0 Å². The van der Waals surface area contributed by atoms with Crippen LogP contribution in [-0.4, -0.2) is 35.9 Å². The SMILES string of the molecule is CN(CCc1ccncc1)S(=O)(=O)c1ccc2oc(=O)n(C)c2c1. The van der Waals surface area contributed by atoms with Gasteiger partial charge in [-0.15, -0.1) is 0 Å². The number of nitrogens with zero attached hydrogens (tertiary/aromatic N) is 3. The van der Waals surface area contributed by atoms with Crippen LogP contribution >= 0.6 is 0 Å². The van der Waals surface area contributed by atoms with Crippen molar-refractivity contribution < 1.29 is 12.8 Å². The number of sulfonamides is 1. The number of oxazole rings is 1. The number of rotatable bonds is 5. The Balaban J connectivity index is 1.86. The first-order valence-electron chi connectivity index (χ1n) is 7.34. The molecule has 3 rings (SSSR count). The van der Waals surface area contributed by atoms with Gasteiger partial charge in [0.15, 0.2) is 5.58 Å². The summed E-state index contributed by atoms with van der Waals surface area (Å²) in [6, 6.07) is 8.11. The molecule has 1 aromatic carbocycles. The first-order chi connectivity index (χ1) is 11.4. The van der Waals surface area contributed by atoms with Crippen LogP contribution in [0.25, 0.3) is 11.1 Å². The normalized spacial score (nSPS) is 12.1. The van der Waals surface area contributed by atoms with E-state index in [4.69, 9.17) is 4.42 Å². The molecule has 0 atom stereocenters. The number of benzene rings is 1. The van der Waals surface area contributed by atoms with Crippen molar-refractivity contribution in [1.82, 2.24) is 13.9 Å². The second kappa shape index (κ2) is 6.21. The van der Waals surface area contributed by atoms with E-state index in [1.54, 1.807) is 12.4 Å². The Hall–Kier alpha value is -2.45. The van der Waals surface area contributed by atoms with Gasteiger partial charge in [0.1, 0.15) is 0 Å². The van der Waals surface area contributed by atoms with Gasteiger partial charge in [0.2, 0.25) is 10.0 Å². The molecule has 7 nitrogen and oxygen atoms in total. The number of pyridine rings is 1. The summed E-state index contributed by atoms with van der Waals surface area (Å²) in [4.78, 5) is 15.6. The van der Waals surface area contributed by atoms with E-state index in [1.165, 1.54) is 41.2 Å². The van der Waals surface area contributed by atoms with Crippen molar-refractivity contribution in [2.24, 2.45) is 7.05 Å². The highest BCUT2D eigenvalue weighted by Crippen LogP contribution is 2.20. The lowest BCUT2D eigenvalue weighted by molar-refractivity contribution is 0.472. The summed E-state index contributed by atoms with van der Waals surface area (Å²) in [5.74, 6) is -0.523. The van der Waals surface area contributed by atoms with Gasteiger partial charge in [-0.2, -0.15) is 0 Å². The second-order valence-corrected chi connectivity index (χ2v) is 7.53. The molecule has 8 heteroatoms. The lowest BCUT2D eigenvalue weighted by Crippen LogP contribution is -2.29. The summed E-state index contributed by atoms with van der Waals surface area (Å²) in [5.41, 5.74) is 1.82. The van der Waals surface area contributed by atoms with E-state index in [1.807, 2.05) is 12.1 Å². The van der Waals surface area contributed by atoms with Crippen LogP contribution in [0.5, 0.6) is 0 Å². The molecule has 2 heterocycles. The highest BCUT2D eigenvalue weighted by atomic mass is 32.2. The Morgan fingerprint density at radius 2 is 1.92 bits per heavy atom. The molecule has 0 saturated carbocycles. The van der Waals surface area contributed by atoms with Crippen LogP contribution in [0, 0.1) is 0 Å². The van der Waals surface area contributed by atoms with E-state index < -0.39 is 15.8 Å². The van der Waals surface area contributed by atoms with Crippen molar-refractivity contribution in [2.45, 2.75) is 11.3 Å². The Kier molecular flexibility index (Phi) is 4.25. The van der Waals surface area contributed by atoms with Crippen molar-refractivity contribution in [3.63, 3.8) is 0 Å². The third kappa shape index (κ3) is 2.98. The van der Waals surface area contributed by atoms with Crippen LogP contribution in [0.4, 0.5) is 0 Å². The van der Waals surface area contributed by atoms with Gasteiger partial charge in [0.25, 0.3) is 0 Å². The molecule has 0 aliphatic heterocycles. The number of aryl methyl sites for hydroxylation is 1. The van der Waals surface area contributed by atoms with E-state index in [9.17, 15) is 13.2 Å². The van der Waals surface area contributed by atoms with E-state index in [0.29, 0.717) is 24.1 Å². The molecule has 0 fully saturated rings. The van der Waals surface area contributed by atoms with E-state index >= 15 is 0 Å². The summed E-state index contributed by atoms with van der Waals surface area (Å²) in [7, 11) is -0.571. The fraction of sp³-hybridized carbons (Fsp3) is 0.250. The van der Waals surface area contributed by atoms with Crippen LogP contribution < -0.4 is 5.76 Å². The Bertz CT molecular complexity index is 1020. The molecule has 0 bridgehead atoms. The van der Waals surface area contributed by atoms with E-state index in [-0.39, 0.29) is 4.90 Å². The van der Waals surface area contributed by atoms with Gasteiger partial charge in [0, 0.05) is 33.0 Å². The second-order valence-electron chi connectivity index (χ2n) is 5.49. The number of hydrogen-bond donors (Lipinski definition) is 0. The van der Waals surface area contributed by atoms with Gasteiger partial charge >= 0.3 is 5.76 Å². The third-order valence-corrected chi connectivity index (χ3v) is 5.79. The fourth-order valence-corrected chi connectivity index (χ4v) is 3.60. The van der Waals surface area contributed by atoms with Crippen LogP contribution in [-0.2, 0) is 23.5 Å². The molecule has 0 spiro atoms. The van der Waals surface area contributed by atoms with Gasteiger partial charge in [0.05, 0.1) is 10.4 Å². The lowest BCUT2D eigenvalue weighted by atomic mass is 10.2. The van der Waals surface area contributed by atoms with Crippen LogP contribution in [0.1, 0.15) is 5.56 Å². The van der Waals surface area contributed by atoms with E-state index in [2.05, 4.69) is 4.98 Å². The first kappa shape index (κ1) is 16.4. The molecule has 0 saturated heterocycles. The molecule has 3 aromatic rings. The minimum Gasteiger partial charge on any atom is -0.408 e. The Morgan fingerprint density at radius 3 is 2.62 bits per heavy atom. The first-order valence-corrected chi connectivity index (χ1v) is 8.78. The number of likely N-dealkylation sites (N-methyl/N-ethyl adjacent to an activating group) is 1. The monoisotopic (exact) mass is 347 g/mol. The zero-order chi connectivity index (χ0) is 17.3. The minimum absolute atomic E-state index is 0.128. The molecule has 0 radical (unpaired) electrons. The van der Waals surface area contributed by atoms with Crippen LogP contribution in [0.15, 0.2) is 56.8 Å². The van der Waals surface area contributed by atoms with Gasteiger partial charge in [-0.05, 0) is 42.3 Å². The summed E-state index contributed by atoms with van der Waals surface area (Å²) in [5, 5.41) is 0. The maximum absolute atomic E-state index is 12.7. The molecule has 24 heavy (non-hydrogen) atoms. The number of hydrogen-bond acceptors (Lipinski definition) is 5. The maximum atomic E-state index is 12.7. The van der Waals surface area contributed by atoms with E-state index in [0.717, 1.165) is 5.56 Å². The van der Waals surface area contributed by atoms with Crippen molar-refractivity contribution >= 4 is 21.1 Å². The average molecular weight is 347 g/mol. The predicted molar refractivity (Wildman–Crippen MR) is 89.2 cm³/mol. The van der Waals surface area contributed by atoms with Crippen LogP contribution in [0.3, 0.4) is 0 Å². The predicted octanol–water partition coefficient (Wildman–Crippen LogP) is 1.39. The molecule has 126 valence electrons. The summed E-state index contributed by atoms with van der Waals surface area (Å²) >= 11 is 0. The summed E-state index contributed by atoms with van der Waals surface area (Å²) in [6.45, 7) is 0.342. The van der Waals surface area contributed by atoms with Gasteiger partial charge in [-0.25, -0.2) is 17.5 Å². The summed E-state index contributed by atoms with van der Waals surface area (Å²) < 4.78 is 33.0. The highest BCUT2D eigenvalue weighted by Gasteiger charge is 2.22. The minimum atomic E-state index is -3.65. The van der Waals surface area contributed by atoms with Crippen molar-refractivity contribution in [3.8, 4) is 0 Å². The Morgan fingerprint density at radius 1 is 1.21 bits per heavy atom. The van der Waals surface area contributed by atoms with Crippen molar-refractivity contribution in [3.05, 3.63) is 58.8 Å². The van der Waals surface area contributed by atoms with Gasteiger partial charge in [-0.1, -0.05) is 0 Å². The fourth-order valence-electron chi connectivity index (χ4n) is 2.40. The average Bonchev–Trinajstić information content (AvgIpc) is 2.87. The molecule has 0 aliphatic carbocycles. The summed E-state index contributed by atoms with van der Waals surface area (Å²) in [6.07, 6.45) is 3.94. The standard InChI is InChI=1S/C16H17N3O4S/c1-18(10-7-12-5-8-17-9-6-12)24(21,22)13-3-4-15-14(11-13)19(2)16(20)23-15/h3-6,8-9,11H,7,10H2,1-2H3.